The number of halogens is 3. The van der Waals surface area contributed by atoms with Crippen LogP contribution in [0.15, 0.2) is 41.7 Å². The van der Waals surface area contributed by atoms with Crippen molar-refractivity contribution in [2.24, 2.45) is 0 Å². The van der Waals surface area contributed by atoms with Crippen LogP contribution in [0.3, 0.4) is 0 Å². The Morgan fingerprint density at radius 2 is 1.96 bits per heavy atom. The van der Waals surface area contributed by atoms with E-state index in [-0.39, 0.29) is 41.1 Å². The average molecular weight is 392 g/mol. The molecule has 3 rings (SSSR count). The smallest absolute Gasteiger partial charge is 0.484 e. The van der Waals surface area contributed by atoms with Gasteiger partial charge in [0.1, 0.15) is 5.75 Å². The molecule has 26 heavy (non-hydrogen) atoms. The molecule has 1 atom stereocenters. The molecule has 0 bridgehead atoms. The predicted octanol–water partition coefficient (Wildman–Crippen LogP) is 0.519. The zero-order chi connectivity index (χ0) is 18.0. The first kappa shape index (κ1) is 20.9. The second kappa shape index (κ2) is 8.51. The Morgan fingerprint density at radius 3 is 2.65 bits per heavy atom. The van der Waals surface area contributed by atoms with Crippen LogP contribution in [0.2, 0.25) is 0 Å². The van der Waals surface area contributed by atoms with Gasteiger partial charge in [0, 0.05) is 11.8 Å². The molecule has 0 radical (unpaired) electrons. The van der Waals surface area contributed by atoms with Crippen LogP contribution >= 0.6 is 0 Å². The van der Waals surface area contributed by atoms with Crippen molar-refractivity contribution in [3.05, 3.63) is 47.8 Å². The number of fused-ring (bicyclic) bond motifs is 1. The third-order valence-corrected chi connectivity index (χ3v) is 4.66. The Hall–Kier alpha value is -1.42. The number of aromatic amines is 1. The maximum Gasteiger partial charge on any atom is 1.00 e. The molecule has 0 saturated carbocycles. The predicted molar refractivity (Wildman–Crippen MR) is 86.7 cm³/mol. The van der Waals surface area contributed by atoms with Gasteiger partial charge < -0.3 is 9.72 Å². The van der Waals surface area contributed by atoms with Crippen molar-refractivity contribution < 1.29 is 51.7 Å². The third kappa shape index (κ3) is 5.06. The van der Waals surface area contributed by atoms with E-state index in [0.29, 0.717) is 21.9 Å². The van der Waals surface area contributed by atoms with Crippen LogP contribution in [0.1, 0.15) is 11.3 Å². The van der Waals surface area contributed by atoms with E-state index in [1.54, 1.807) is 13.0 Å². The van der Waals surface area contributed by atoms with Crippen LogP contribution in [0.5, 0.6) is 5.75 Å². The van der Waals surface area contributed by atoms with E-state index in [1.165, 1.54) is 12.3 Å². The molecular formula is C16H14F3N3NaO2S+. The first-order valence-electron chi connectivity index (χ1n) is 7.30. The van der Waals surface area contributed by atoms with E-state index < -0.39 is 23.6 Å². The van der Waals surface area contributed by atoms with Gasteiger partial charge in [-0.25, -0.2) is 4.98 Å². The topological polar surface area (TPSA) is 67.9 Å². The number of rotatable bonds is 5. The van der Waals surface area contributed by atoms with Crippen LogP contribution < -0.4 is 34.3 Å². The molecule has 2 aromatic heterocycles. The van der Waals surface area contributed by atoms with Crippen molar-refractivity contribution in [1.29, 1.82) is 0 Å². The number of hydrogen-bond donors (Lipinski definition) is 1. The first-order chi connectivity index (χ1) is 11.8. The second-order valence-corrected chi connectivity index (χ2v) is 6.70. The molecule has 1 N–H and O–H groups in total. The van der Waals surface area contributed by atoms with Gasteiger partial charge in [0.2, 0.25) is 0 Å². The molecule has 0 amide bonds. The van der Waals surface area contributed by atoms with E-state index in [1.807, 2.05) is 18.2 Å². The van der Waals surface area contributed by atoms with Gasteiger partial charge in [-0.15, -0.1) is 0 Å². The molecule has 3 aromatic rings. The Kier molecular flexibility index (Phi) is 6.84. The second-order valence-electron chi connectivity index (χ2n) is 5.33. The molecule has 0 aliphatic heterocycles. The summed E-state index contributed by atoms with van der Waals surface area (Å²) in [6.07, 6.45) is -3.09. The van der Waals surface area contributed by atoms with Gasteiger partial charge >= 0.3 is 35.7 Å². The molecule has 0 spiro atoms. The third-order valence-electron chi connectivity index (χ3n) is 3.50. The number of pyridine rings is 1. The van der Waals surface area contributed by atoms with Crippen molar-refractivity contribution >= 4 is 21.8 Å². The molecule has 2 heterocycles. The maximum absolute atomic E-state index is 12.5. The van der Waals surface area contributed by atoms with Crippen molar-refractivity contribution in [2.45, 2.75) is 24.0 Å². The molecule has 10 heteroatoms. The summed E-state index contributed by atoms with van der Waals surface area (Å²) in [5.41, 5.74) is 2.28. The summed E-state index contributed by atoms with van der Waals surface area (Å²) in [5, 5.41) is 0.295. The van der Waals surface area contributed by atoms with E-state index in [0.717, 1.165) is 5.52 Å². The maximum atomic E-state index is 12.5. The largest absolute Gasteiger partial charge is 1.00 e. The molecule has 1 aromatic carbocycles. The Morgan fingerprint density at radius 1 is 1.23 bits per heavy atom. The molecule has 0 saturated heterocycles. The van der Waals surface area contributed by atoms with E-state index >= 15 is 0 Å². The minimum absolute atomic E-state index is 0. The number of aromatic nitrogens is 3. The van der Waals surface area contributed by atoms with Crippen LogP contribution in [0, 0.1) is 6.92 Å². The minimum Gasteiger partial charge on any atom is -0.484 e. The fourth-order valence-electron chi connectivity index (χ4n) is 2.25. The van der Waals surface area contributed by atoms with Crippen molar-refractivity contribution in [2.75, 3.05) is 6.61 Å². The van der Waals surface area contributed by atoms with Crippen molar-refractivity contribution in [3.8, 4) is 5.75 Å². The average Bonchev–Trinajstić information content (AvgIpc) is 2.99. The monoisotopic (exact) mass is 392 g/mol. The van der Waals surface area contributed by atoms with Crippen LogP contribution in [-0.2, 0) is 16.6 Å². The summed E-state index contributed by atoms with van der Waals surface area (Å²) in [7, 11) is -1.51. The number of benzene rings is 1. The fraction of sp³-hybridized carbons (Fsp3) is 0.250. The number of nitrogens with zero attached hydrogens (tertiary/aromatic N) is 2. The minimum atomic E-state index is -4.42. The first-order valence-corrected chi connectivity index (χ1v) is 8.62. The summed E-state index contributed by atoms with van der Waals surface area (Å²) in [6, 6.07) is 8.62. The SMILES string of the molecule is Cc1c(OCC(F)(F)F)ccnc1CS(=O)c1nc2ccccc2[nH]1.[Na+]. The van der Waals surface area contributed by atoms with Gasteiger partial charge in [0.25, 0.3) is 0 Å². The quantitative estimate of drug-likeness (QED) is 0.643. The van der Waals surface area contributed by atoms with Gasteiger partial charge in [0.05, 0.1) is 33.3 Å². The normalized spacial score (nSPS) is 12.6. The number of nitrogens with one attached hydrogen (secondary N) is 1. The number of hydrogen-bond acceptors (Lipinski definition) is 4. The van der Waals surface area contributed by atoms with Gasteiger partial charge in [-0.3, -0.25) is 9.19 Å². The van der Waals surface area contributed by atoms with E-state index in [9.17, 15) is 17.4 Å². The number of H-pyrrole nitrogens is 1. The Balaban J connectivity index is 0.00000243. The van der Waals surface area contributed by atoms with Crippen LogP contribution in [0.25, 0.3) is 11.0 Å². The Bertz CT molecular complexity index is 897. The molecule has 0 fully saturated rings. The number of ether oxygens (including phenoxy) is 1. The Labute approximate surface area is 172 Å². The fourth-order valence-corrected chi connectivity index (χ4v) is 3.35. The summed E-state index contributed by atoms with van der Waals surface area (Å²) in [5.74, 6) is 0.0958. The van der Waals surface area contributed by atoms with Gasteiger partial charge in [-0.05, 0) is 25.1 Å². The van der Waals surface area contributed by atoms with Crippen molar-refractivity contribution in [3.63, 3.8) is 0 Å². The van der Waals surface area contributed by atoms with Crippen molar-refractivity contribution in [1.82, 2.24) is 15.0 Å². The molecule has 0 aliphatic carbocycles. The van der Waals surface area contributed by atoms with Gasteiger partial charge in [0.15, 0.2) is 11.8 Å². The van der Waals surface area contributed by atoms with Crippen LogP contribution in [-0.4, -0.2) is 31.9 Å². The molecular weight excluding hydrogens is 378 g/mol. The molecule has 132 valence electrons. The number of para-hydroxylation sites is 2. The molecule has 1 unspecified atom stereocenters. The molecule has 5 nitrogen and oxygen atoms in total. The number of imidazole rings is 1. The van der Waals surface area contributed by atoms with Gasteiger partial charge in [-0.2, -0.15) is 13.2 Å². The van der Waals surface area contributed by atoms with Crippen LogP contribution in [0.4, 0.5) is 13.2 Å². The summed E-state index contributed by atoms with van der Waals surface area (Å²) in [6.45, 7) is 0.202. The summed E-state index contributed by atoms with van der Waals surface area (Å²) in [4.78, 5) is 11.3. The standard InChI is InChI=1S/C16H14F3N3O2S.Na/c1-10-13(20-7-6-14(10)24-9-16(17,18)19)8-25(23)15-21-11-4-2-3-5-12(11)22-15;/h2-7H,8-9H2,1H3,(H,21,22);/q;+1. The number of alkyl halides is 3. The van der Waals surface area contributed by atoms with E-state index in [4.69, 9.17) is 4.74 Å². The van der Waals surface area contributed by atoms with Gasteiger partial charge in [-0.1, -0.05) is 12.1 Å². The summed E-state index contributed by atoms with van der Waals surface area (Å²) >= 11 is 0. The molecule has 0 aliphatic rings. The van der Waals surface area contributed by atoms with E-state index in [2.05, 4.69) is 15.0 Å². The zero-order valence-electron chi connectivity index (χ0n) is 14.1. The zero-order valence-corrected chi connectivity index (χ0v) is 16.9. The summed E-state index contributed by atoms with van der Waals surface area (Å²) < 4.78 is 54.2.